The number of rotatable bonds is 18. The van der Waals surface area contributed by atoms with Crippen LogP contribution in [0.5, 0.6) is 0 Å². The molecule has 0 spiro atoms. The van der Waals surface area contributed by atoms with E-state index in [2.05, 4.69) is 47.0 Å². The summed E-state index contributed by atoms with van der Waals surface area (Å²) < 4.78 is 32.6. The molecule has 0 aliphatic rings. The van der Waals surface area contributed by atoms with E-state index in [0.29, 0.717) is 11.5 Å². The summed E-state index contributed by atoms with van der Waals surface area (Å²) in [7, 11) is 11.8. The number of carbonyl (C=O) groups excluding carboxylic acids is 2. The molecule has 331 valence electrons. The Morgan fingerprint density at radius 2 is 0.471 bits per heavy atom. The van der Waals surface area contributed by atoms with Gasteiger partial charge in [-0.25, -0.2) is 0 Å². The standard InChI is InChI=1S/7C3H8OS.2C3H6OS.C3H8.2CH4.Au/c7*1-4-3-5-2;2*1-5-3-2-4;1-3-2;;;/h7*3H2,1-2H3;2*2H,3H2,1H3;3H2,1-2H3;2*1H4;. The van der Waals surface area contributed by atoms with Crippen molar-refractivity contribution >= 4 is 118 Å². The Morgan fingerprint density at radius 1 is 0.353 bits per heavy atom. The number of thioether (sulfide) groups is 9. The average Bonchev–Trinajstić information content (AvgIpc) is 3.07. The van der Waals surface area contributed by atoms with Crippen LogP contribution >= 0.6 is 106 Å². The van der Waals surface area contributed by atoms with Gasteiger partial charge in [-0.05, 0) is 56.3 Å². The number of aldehydes is 2. The van der Waals surface area contributed by atoms with Crippen molar-refractivity contribution < 1.29 is 65.1 Å². The van der Waals surface area contributed by atoms with Gasteiger partial charge in [-0.15, -0.1) is 82.3 Å². The van der Waals surface area contributed by atoms with Gasteiger partial charge in [0.2, 0.25) is 0 Å². The fourth-order valence-corrected chi connectivity index (χ4v) is 2.88. The summed E-state index contributed by atoms with van der Waals surface area (Å²) in [6.45, 7) is 4.25. The largest absolute Gasteiger partial charge is 0.374 e. The van der Waals surface area contributed by atoms with Crippen molar-refractivity contribution in [2.24, 2.45) is 0 Å². The number of ether oxygens (including phenoxy) is 7. The molecule has 0 saturated carbocycles. The van der Waals surface area contributed by atoms with Crippen molar-refractivity contribution in [3.8, 4) is 0 Å². The first-order valence-corrected chi connectivity index (χ1v) is 26.4. The molecule has 0 aromatic heterocycles. The van der Waals surface area contributed by atoms with Gasteiger partial charge in [-0.3, -0.25) is 0 Å². The molecule has 0 heterocycles. The van der Waals surface area contributed by atoms with Gasteiger partial charge in [-0.1, -0.05) is 35.1 Å². The molecule has 51 heavy (non-hydrogen) atoms. The van der Waals surface area contributed by atoms with E-state index in [-0.39, 0.29) is 37.2 Å². The molecular formula is C32H84AuO9S9. The second kappa shape index (κ2) is 149. The first-order valence-electron chi connectivity index (χ1n) is 13.9. The van der Waals surface area contributed by atoms with E-state index < -0.39 is 0 Å². The van der Waals surface area contributed by atoms with Crippen LogP contribution in [0.2, 0.25) is 0 Å². The SMILES string of the molecule is C.C.CCC.COCSC.COCSC.COCSC.COCSC.COCSC.COCSC.COCSC.CSCC=O.CSCC=O.[Au]. The van der Waals surface area contributed by atoms with E-state index in [1.54, 1.807) is 132 Å². The zero-order chi connectivity index (χ0) is 39.8. The van der Waals surface area contributed by atoms with Gasteiger partial charge in [0, 0.05) is 83.7 Å². The molecule has 0 aliphatic heterocycles. The van der Waals surface area contributed by atoms with Crippen LogP contribution in [0.25, 0.3) is 0 Å². The summed E-state index contributed by atoms with van der Waals surface area (Å²) in [5, 5.41) is 0. The van der Waals surface area contributed by atoms with Gasteiger partial charge < -0.3 is 42.7 Å². The molecule has 0 aliphatic carbocycles. The van der Waals surface area contributed by atoms with E-state index in [9.17, 15) is 9.59 Å². The quantitative estimate of drug-likeness (QED) is 0.0739. The van der Waals surface area contributed by atoms with Crippen molar-refractivity contribution in [2.75, 3.05) is 159 Å². The molecule has 0 rings (SSSR count). The third-order valence-electron chi connectivity index (χ3n) is 2.12. The van der Waals surface area contributed by atoms with Gasteiger partial charge in [-0.2, -0.15) is 23.5 Å². The third-order valence-corrected chi connectivity index (χ3v) is 6.36. The summed E-state index contributed by atoms with van der Waals surface area (Å²) in [5.74, 6) is 6.89. The smallest absolute Gasteiger partial charge is 0.129 e. The van der Waals surface area contributed by atoms with E-state index in [1.165, 1.54) is 29.9 Å². The Morgan fingerprint density at radius 3 is 0.471 bits per heavy atom. The van der Waals surface area contributed by atoms with Gasteiger partial charge in [0.25, 0.3) is 0 Å². The average molecular weight is 1100 g/mol. The molecule has 0 saturated heterocycles. The Labute approximate surface area is 374 Å². The fraction of sp³-hybridized carbons (Fsp3) is 0.938. The summed E-state index contributed by atoms with van der Waals surface area (Å²) >= 11 is 14.8. The molecular weight excluding hydrogens is 1010 g/mol. The zero-order valence-corrected chi connectivity index (χ0v) is 43.4. The Kier molecular flexibility index (Phi) is 264. The van der Waals surface area contributed by atoms with Crippen molar-refractivity contribution in [1.82, 2.24) is 0 Å². The van der Waals surface area contributed by atoms with Crippen molar-refractivity contribution in [1.29, 1.82) is 0 Å². The maximum absolute atomic E-state index is 9.38. The molecule has 0 N–H and O–H groups in total. The first kappa shape index (κ1) is 90.2. The summed E-state index contributed by atoms with van der Waals surface area (Å²) in [6.07, 6.45) is 20.9. The van der Waals surface area contributed by atoms with Crippen LogP contribution in [-0.4, -0.2) is 172 Å². The van der Waals surface area contributed by atoms with Gasteiger partial charge in [0.05, 0.1) is 41.6 Å². The minimum absolute atomic E-state index is 0. The first-order chi connectivity index (χ1) is 23.1. The van der Waals surface area contributed by atoms with Crippen molar-refractivity contribution in [2.45, 2.75) is 35.1 Å². The zero-order valence-electron chi connectivity index (χ0n) is 33.9. The second-order valence-corrected chi connectivity index (χ2v) is 14.3. The van der Waals surface area contributed by atoms with Gasteiger partial charge >= 0.3 is 0 Å². The molecule has 9 nitrogen and oxygen atoms in total. The molecule has 1 radical (unpaired) electrons. The molecule has 0 atom stereocenters. The van der Waals surface area contributed by atoms with Crippen LogP contribution in [0.15, 0.2) is 0 Å². The van der Waals surface area contributed by atoms with Crippen molar-refractivity contribution in [3.63, 3.8) is 0 Å². The second-order valence-electron chi connectivity index (χ2n) is 6.82. The summed E-state index contributed by atoms with van der Waals surface area (Å²) in [6, 6.07) is 0. The molecule has 19 heteroatoms. The van der Waals surface area contributed by atoms with Crippen LogP contribution in [0.3, 0.4) is 0 Å². The maximum atomic E-state index is 9.38. The van der Waals surface area contributed by atoms with Crippen molar-refractivity contribution in [3.05, 3.63) is 0 Å². The summed E-state index contributed by atoms with van der Waals surface area (Å²) in [5.41, 5.74) is 0. The third kappa shape index (κ3) is 313. The molecule has 0 aromatic carbocycles. The molecule has 0 aromatic rings. The van der Waals surface area contributed by atoms with Crippen LogP contribution in [0.4, 0.5) is 0 Å². The van der Waals surface area contributed by atoms with Crippen LogP contribution in [0, 0.1) is 0 Å². The van der Waals surface area contributed by atoms with Crippen LogP contribution in [0.1, 0.15) is 35.1 Å². The molecule has 0 bridgehead atoms. The maximum Gasteiger partial charge on any atom is 0.129 e. The number of methoxy groups -OCH3 is 7. The topological polar surface area (TPSA) is 98.8 Å². The number of hydrogen-bond acceptors (Lipinski definition) is 18. The predicted molar refractivity (Wildman–Crippen MR) is 256 cm³/mol. The van der Waals surface area contributed by atoms with Gasteiger partial charge in [0.1, 0.15) is 12.6 Å². The van der Waals surface area contributed by atoms with Crippen LogP contribution in [-0.2, 0) is 65.1 Å². The monoisotopic (exact) mass is 1100 g/mol. The predicted octanol–water partition coefficient (Wildman–Crippen LogP) is 10.5. The molecule has 0 unspecified atom stereocenters. The Bertz CT molecular complexity index is 305. The summed E-state index contributed by atoms with van der Waals surface area (Å²) in [4.78, 5) is 18.8. The van der Waals surface area contributed by atoms with E-state index >= 15 is 0 Å². The number of carbonyl (C=O) groups is 2. The van der Waals surface area contributed by atoms with E-state index in [1.807, 2.05) is 56.3 Å². The number of hydrogen-bond donors (Lipinski definition) is 0. The fourth-order valence-electron chi connectivity index (χ4n) is 0.961. The van der Waals surface area contributed by atoms with Gasteiger partial charge in [0.15, 0.2) is 0 Å². The van der Waals surface area contributed by atoms with E-state index in [4.69, 9.17) is 0 Å². The molecule has 0 fully saturated rings. The Hall–Kier alpha value is 2.95. The normalized spacial score (nSPS) is 7.57. The van der Waals surface area contributed by atoms with Crippen LogP contribution < -0.4 is 0 Å². The molecule has 0 amide bonds. The minimum atomic E-state index is 0. The van der Waals surface area contributed by atoms with E-state index in [0.717, 1.165) is 54.1 Å². The Balaban J connectivity index is -0.0000000285. The minimum Gasteiger partial charge on any atom is -0.374 e.